The summed E-state index contributed by atoms with van der Waals surface area (Å²) >= 11 is 0. The zero-order valence-corrected chi connectivity index (χ0v) is 20.0. The second-order valence-electron chi connectivity index (χ2n) is 9.38. The molecule has 1 aliphatic heterocycles. The monoisotopic (exact) mass is 472 g/mol. The molecule has 1 aromatic heterocycles. The third kappa shape index (κ3) is 4.04. The molecule has 8 nitrogen and oxygen atoms in total. The Balaban J connectivity index is 1.83. The van der Waals surface area contributed by atoms with E-state index in [1.165, 1.54) is 31.9 Å². The number of aromatic nitrogens is 1. The second-order valence-corrected chi connectivity index (χ2v) is 9.38. The number of nitrogens with zero attached hydrogens (tertiary/aromatic N) is 4. The van der Waals surface area contributed by atoms with Gasteiger partial charge in [0, 0.05) is 33.8 Å². The number of esters is 1. The molecular formula is C27H28N4O4. The van der Waals surface area contributed by atoms with Crippen LogP contribution in [0.5, 0.6) is 5.75 Å². The first-order valence-electron chi connectivity index (χ1n) is 12.1. The molecule has 1 atom stereocenters. The lowest BCUT2D eigenvalue weighted by atomic mass is 9.81. The minimum Gasteiger partial charge on any atom is -0.497 e. The van der Waals surface area contributed by atoms with Crippen LogP contribution in [0.3, 0.4) is 0 Å². The Morgan fingerprint density at radius 1 is 1.09 bits per heavy atom. The summed E-state index contributed by atoms with van der Waals surface area (Å²) in [5.41, 5.74) is 14.7. The fraction of sp³-hybridized carbons (Fsp3) is 0.407. The lowest BCUT2D eigenvalue weighted by Gasteiger charge is -2.24. The number of amides is 1. The highest BCUT2D eigenvalue weighted by Gasteiger charge is 2.33. The van der Waals surface area contributed by atoms with Crippen molar-refractivity contribution in [2.45, 2.75) is 51.0 Å². The van der Waals surface area contributed by atoms with E-state index >= 15 is 0 Å². The highest BCUT2D eigenvalue weighted by molar-refractivity contribution is 5.99. The number of hydrogen-bond acceptors (Lipinski definition) is 4. The molecule has 2 aliphatic rings. The summed E-state index contributed by atoms with van der Waals surface area (Å²) in [5.74, 6) is -0.308. The highest BCUT2D eigenvalue weighted by Crippen LogP contribution is 2.47. The van der Waals surface area contributed by atoms with Gasteiger partial charge in [0.2, 0.25) is 5.91 Å². The number of fused-ring (bicyclic) bond motifs is 5. The summed E-state index contributed by atoms with van der Waals surface area (Å²) in [5, 5.41) is 4.53. The summed E-state index contributed by atoms with van der Waals surface area (Å²) in [6.45, 7) is 0.359. The van der Waals surface area contributed by atoms with Crippen molar-refractivity contribution < 1.29 is 19.1 Å². The van der Waals surface area contributed by atoms with E-state index in [-0.39, 0.29) is 0 Å². The Labute approximate surface area is 203 Å². The molecule has 35 heavy (non-hydrogen) atoms. The molecule has 1 amide bonds. The number of hydrogen-bond donors (Lipinski definition) is 0. The maximum Gasteiger partial charge on any atom is 0.337 e. The van der Waals surface area contributed by atoms with Gasteiger partial charge in [0.05, 0.1) is 25.5 Å². The smallest absolute Gasteiger partial charge is 0.337 e. The number of carbonyl (C=O) groups is 2. The summed E-state index contributed by atoms with van der Waals surface area (Å²) in [6, 6.07) is 11.7. The van der Waals surface area contributed by atoms with Crippen LogP contribution in [0, 0.1) is 5.92 Å². The molecular weight excluding hydrogens is 444 g/mol. The van der Waals surface area contributed by atoms with E-state index in [4.69, 9.17) is 15.0 Å². The van der Waals surface area contributed by atoms with Crippen LogP contribution in [0.15, 0.2) is 41.5 Å². The number of azide groups is 1. The zero-order valence-electron chi connectivity index (χ0n) is 20.0. The molecule has 2 aromatic carbocycles. The molecule has 3 aromatic rings. The van der Waals surface area contributed by atoms with Crippen LogP contribution in [0.2, 0.25) is 0 Å². The van der Waals surface area contributed by atoms with Crippen molar-refractivity contribution in [1.82, 2.24) is 4.57 Å². The first-order valence-corrected chi connectivity index (χ1v) is 12.1. The third-order valence-electron chi connectivity index (χ3n) is 7.47. The fourth-order valence-electron chi connectivity index (χ4n) is 5.84. The van der Waals surface area contributed by atoms with Crippen molar-refractivity contribution in [1.29, 1.82) is 0 Å². The van der Waals surface area contributed by atoms with Crippen molar-refractivity contribution in [2.75, 3.05) is 14.2 Å². The molecule has 0 spiro atoms. The molecule has 1 aliphatic carbocycles. The summed E-state index contributed by atoms with van der Waals surface area (Å²) in [7, 11) is 3.00. The number of carbonyl (C=O) groups excluding carboxylic acids is 2. The molecule has 0 radical (unpaired) electrons. The highest BCUT2D eigenvalue weighted by atomic mass is 16.5. The van der Waals surface area contributed by atoms with Gasteiger partial charge in [0.15, 0.2) is 0 Å². The van der Waals surface area contributed by atoms with Crippen LogP contribution in [0.4, 0.5) is 0 Å². The van der Waals surface area contributed by atoms with Crippen molar-refractivity contribution in [2.24, 2.45) is 11.0 Å². The molecule has 2 heterocycles. The largest absolute Gasteiger partial charge is 0.497 e. The number of rotatable bonds is 4. The van der Waals surface area contributed by atoms with Gasteiger partial charge in [-0.25, -0.2) is 4.79 Å². The normalized spacial score (nSPS) is 17.6. The average molecular weight is 473 g/mol. The van der Waals surface area contributed by atoms with Gasteiger partial charge < -0.3 is 14.0 Å². The average Bonchev–Trinajstić information content (AvgIpc) is 3.10. The van der Waals surface area contributed by atoms with Crippen LogP contribution < -0.4 is 4.74 Å². The van der Waals surface area contributed by atoms with Gasteiger partial charge in [-0.05, 0) is 77.3 Å². The van der Waals surface area contributed by atoms with E-state index in [0.29, 0.717) is 24.4 Å². The molecule has 0 saturated heterocycles. The van der Waals surface area contributed by atoms with Crippen molar-refractivity contribution in [3.63, 3.8) is 0 Å². The van der Waals surface area contributed by atoms with E-state index in [0.717, 1.165) is 46.3 Å². The zero-order chi connectivity index (χ0) is 24.5. The summed E-state index contributed by atoms with van der Waals surface area (Å²) in [4.78, 5) is 28.0. The van der Waals surface area contributed by atoms with E-state index in [1.807, 2.05) is 30.3 Å². The van der Waals surface area contributed by atoms with Gasteiger partial charge >= 0.3 is 5.97 Å². The number of methoxy groups -OCH3 is 2. The van der Waals surface area contributed by atoms with Gasteiger partial charge in [-0.15, -0.1) is 0 Å². The van der Waals surface area contributed by atoms with Gasteiger partial charge in [-0.2, -0.15) is 0 Å². The van der Waals surface area contributed by atoms with Gasteiger partial charge in [-0.1, -0.05) is 25.3 Å². The molecule has 8 heteroatoms. The predicted octanol–water partition coefficient (Wildman–Crippen LogP) is 6.16. The minimum absolute atomic E-state index is 0.359. The van der Waals surface area contributed by atoms with Gasteiger partial charge in [0.25, 0.3) is 0 Å². The van der Waals surface area contributed by atoms with Crippen molar-refractivity contribution in [3.05, 3.63) is 63.5 Å². The summed E-state index contributed by atoms with van der Waals surface area (Å²) in [6.07, 6.45) is 6.27. The topological polar surface area (TPSA) is 106 Å². The second kappa shape index (κ2) is 9.47. The molecule has 180 valence electrons. The quantitative estimate of drug-likeness (QED) is 0.196. The fourth-order valence-corrected chi connectivity index (χ4v) is 5.84. The maximum absolute atomic E-state index is 12.9. The van der Waals surface area contributed by atoms with Crippen molar-refractivity contribution in [3.8, 4) is 17.0 Å². The predicted molar refractivity (Wildman–Crippen MR) is 132 cm³/mol. The SMILES string of the molecule is COC(=O)c1ccc2c(C3CCCCC3)c3n(c2c1)CC(C(=O)N=[N+]=[N-])Cc1cc(OC)ccc1-3. The third-order valence-corrected chi connectivity index (χ3v) is 7.47. The molecule has 1 fully saturated rings. The van der Waals surface area contributed by atoms with Crippen LogP contribution in [0.25, 0.3) is 32.6 Å². The van der Waals surface area contributed by atoms with Crippen LogP contribution in [0.1, 0.15) is 59.5 Å². The Hall–Kier alpha value is -3.77. The minimum atomic E-state index is -0.533. The first-order chi connectivity index (χ1) is 17.0. The molecule has 0 bridgehead atoms. The van der Waals surface area contributed by atoms with Crippen LogP contribution in [-0.4, -0.2) is 30.7 Å². The Bertz CT molecular complexity index is 1360. The molecule has 1 unspecified atom stereocenters. The lowest BCUT2D eigenvalue weighted by molar-refractivity contribution is -0.122. The van der Waals surface area contributed by atoms with Gasteiger partial charge in [0.1, 0.15) is 5.75 Å². The molecule has 1 saturated carbocycles. The molecule has 0 N–H and O–H groups in total. The van der Waals surface area contributed by atoms with Crippen LogP contribution in [-0.2, 0) is 22.5 Å². The Morgan fingerprint density at radius 2 is 1.89 bits per heavy atom. The standard InChI is InChI=1S/C27H28N4O4/c1-34-20-9-11-21-18(13-20)12-19(26(32)29-30-28)15-31-23-14-17(27(33)35-2)8-10-22(23)24(25(21)31)16-6-4-3-5-7-16/h8-11,13-14,16,19H,3-7,12,15H2,1-2H3. The number of benzene rings is 2. The van der Waals surface area contributed by atoms with Crippen LogP contribution >= 0.6 is 0 Å². The number of ether oxygens (including phenoxy) is 2. The van der Waals surface area contributed by atoms with Gasteiger partial charge in [-0.3, -0.25) is 4.79 Å². The maximum atomic E-state index is 12.9. The summed E-state index contributed by atoms with van der Waals surface area (Å²) < 4.78 is 12.6. The first kappa shape index (κ1) is 23.0. The van der Waals surface area contributed by atoms with Crippen molar-refractivity contribution >= 4 is 22.8 Å². The van der Waals surface area contributed by atoms with E-state index in [2.05, 4.69) is 20.7 Å². The van der Waals surface area contributed by atoms with E-state index < -0.39 is 17.8 Å². The molecule has 5 rings (SSSR count). The lowest BCUT2D eigenvalue weighted by Crippen LogP contribution is -2.19. The van der Waals surface area contributed by atoms with E-state index in [1.54, 1.807) is 7.11 Å². The Morgan fingerprint density at radius 3 is 2.60 bits per heavy atom. The van der Waals surface area contributed by atoms with E-state index in [9.17, 15) is 9.59 Å². The Kier molecular flexibility index (Phi) is 6.22.